The molecular weight excluding hydrogens is 480 g/mol. The Kier molecular flexibility index (Phi) is 15.4. The topological polar surface area (TPSA) is 91.0 Å². The van der Waals surface area contributed by atoms with Crippen LogP contribution in [0.15, 0.2) is 47.5 Å². The number of nitrogens with zero attached hydrogens (tertiary/aromatic N) is 2. The van der Waals surface area contributed by atoms with Crippen LogP contribution in [-0.2, 0) is 0 Å². The molecule has 7 nitrogen and oxygen atoms in total. The quantitative estimate of drug-likeness (QED) is 0.0431. The monoisotopic (exact) mass is 524 g/mol. The summed E-state index contributed by atoms with van der Waals surface area (Å²) in [4.78, 5) is 27.4. The van der Waals surface area contributed by atoms with Gasteiger partial charge in [0.25, 0.3) is 5.69 Å². The Balaban J connectivity index is 1.62. The normalized spacial score (nSPS) is 11.1. The van der Waals surface area contributed by atoms with Crippen LogP contribution < -0.4 is 9.47 Å². The zero-order chi connectivity index (χ0) is 27.4. The van der Waals surface area contributed by atoms with Crippen molar-refractivity contribution >= 4 is 17.9 Å². The van der Waals surface area contributed by atoms with Crippen molar-refractivity contribution in [2.75, 3.05) is 13.7 Å². The maximum Gasteiger partial charge on any atom is 0.343 e. The largest absolute Gasteiger partial charge is 0.493 e. The van der Waals surface area contributed by atoms with Gasteiger partial charge in [-0.25, -0.2) is 4.79 Å². The van der Waals surface area contributed by atoms with Gasteiger partial charge in [-0.1, -0.05) is 96.5 Å². The molecule has 0 N–H and O–H groups in total. The van der Waals surface area contributed by atoms with E-state index < -0.39 is 10.9 Å². The number of methoxy groups -OCH3 is 1. The minimum Gasteiger partial charge on any atom is -0.493 e. The first-order valence-electron chi connectivity index (χ1n) is 14.2. The fourth-order valence-electron chi connectivity index (χ4n) is 4.32. The summed E-state index contributed by atoms with van der Waals surface area (Å²) in [7, 11) is 1.50. The Labute approximate surface area is 227 Å². The molecule has 0 radical (unpaired) electrons. The van der Waals surface area contributed by atoms with E-state index in [2.05, 4.69) is 11.9 Å². The lowest BCUT2D eigenvalue weighted by molar-refractivity contribution is -0.384. The zero-order valence-electron chi connectivity index (χ0n) is 23.2. The Morgan fingerprint density at radius 2 is 1.45 bits per heavy atom. The lowest BCUT2D eigenvalue weighted by Crippen LogP contribution is -2.09. The first kappa shape index (κ1) is 31.0. The highest BCUT2D eigenvalue weighted by Crippen LogP contribution is 2.29. The molecule has 0 saturated carbocycles. The third kappa shape index (κ3) is 12.3. The van der Waals surface area contributed by atoms with Gasteiger partial charge in [-0.05, 0) is 36.2 Å². The molecule has 7 heteroatoms. The molecule has 0 heterocycles. The number of unbranched alkanes of at least 4 members (excludes halogenated alkanes) is 13. The van der Waals surface area contributed by atoms with Crippen molar-refractivity contribution in [2.45, 2.75) is 96.8 Å². The minimum absolute atomic E-state index is 0.0973. The summed E-state index contributed by atoms with van der Waals surface area (Å²) < 4.78 is 10.8. The van der Waals surface area contributed by atoms with Crippen molar-refractivity contribution in [3.8, 4) is 11.5 Å². The number of rotatable bonds is 20. The number of esters is 1. The number of carbonyl (C=O) groups excluding carboxylic acids is 1. The number of benzene rings is 2. The van der Waals surface area contributed by atoms with Crippen molar-refractivity contribution < 1.29 is 19.2 Å². The molecule has 2 aromatic carbocycles. The van der Waals surface area contributed by atoms with Gasteiger partial charge in [-0.3, -0.25) is 15.1 Å². The minimum atomic E-state index is -0.689. The second kappa shape index (κ2) is 18.9. The van der Waals surface area contributed by atoms with Gasteiger partial charge in [-0.15, -0.1) is 0 Å². The van der Waals surface area contributed by atoms with Gasteiger partial charge >= 0.3 is 5.97 Å². The van der Waals surface area contributed by atoms with E-state index in [4.69, 9.17) is 9.47 Å². The van der Waals surface area contributed by atoms with E-state index in [0.29, 0.717) is 5.75 Å². The summed E-state index contributed by atoms with van der Waals surface area (Å²) in [5, 5.41) is 10.9. The van der Waals surface area contributed by atoms with Crippen molar-refractivity contribution in [1.29, 1.82) is 0 Å². The molecule has 0 aromatic heterocycles. The van der Waals surface area contributed by atoms with E-state index in [1.54, 1.807) is 24.4 Å². The summed E-state index contributed by atoms with van der Waals surface area (Å²) >= 11 is 0. The first-order valence-corrected chi connectivity index (χ1v) is 14.2. The maximum atomic E-state index is 12.5. The van der Waals surface area contributed by atoms with Crippen LogP contribution >= 0.6 is 0 Å². The van der Waals surface area contributed by atoms with Crippen LogP contribution in [0.3, 0.4) is 0 Å². The molecule has 0 aliphatic heterocycles. The van der Waals surface area contributed by atoms with Crippen LogP contribution in [-0.4, -0.2) is 30.8 Å². The second-order valence-electron chi connectivity index (χ2n) is 9.74. The molecular formula is C31H44N2O5. The van der Waals surface area contributed by atoms with Crippen LogP contribution in [0.25, 0.3) is 0 Å². The van der Waals surface area contributed by atoms with E-state index in [1.807, 2.05) is 0 Å². The number of nitro benzene ring substituents is 1. The lowest BCUT2D eigenvalue weighted by Gasteiger charge is -2.10. The average Bonchev–Trinajstić information content (AvgIpc) is 2.93. The maximum absolute atomic E-state index is 12.5. The van der Waals surface area contributed by atoms with E-state index in [0.717, 1.165) is 18.5 Å². The van der Waals surface area contributed by atoms with Crippen LogP contribution in [0.2, 0.25) is 0 Å². The lowest BCUT2D eigenvalue weighted by atomic mass is 10.0. The molecule has 0 atom stereocenters. The smallest absolute Gasteiger partial charge is 0.343 e. The Morgan fingerprint density at radius 1 is 0.842 bits per heavy atom. The van der Waals surface area contributed by atoms with Gasteiger partial charge in [0.15, 0.2) is 11.5 Å². The van der Waals surface area contributed by atoms with Crippen LogP contribution in [0.1, 0.15) is 113 Å². The molecule has 38 heavy (non-hydrogen) atoms. The molecule has 0 aliphatic rings. The number of hydrogen-bond donors (Lipinski definition) is 0. The summed E-state index contributed by atoms with van der Waals surface area (Å²) in [5.74, 6) is -0.0522. The number of nitro groups is 1. The summed E-state index contributed by atoms with van der Waals surface area (Å²) in [6.07, 6.45) is 20.5. The SMILES string of the molecule is CCCCCCCCCCCCCCCCN=Cc1ccc(OC(=O)c2cccc([N+](=O)[O-])c2)c(OC)c1. The molecule has 2 aromatic rings. The van der Waals surface area contributed by atoms with Gasteiger partial charge < -0.3 is 9.47 Å². The summed E-state index contributed by atoms with van der Waals surface area (Å²) in [5.41, 5.74) is 0.777. The number of aliphatic imine (C=N–C) groups is 1. The fraction of sp³-hybridized carbons (Fsp3) is 0.548. The molecule has 0 fully saturated rings. The highest BCUT2D eigenvalue weighted by molar-refractivity contribution is 5.92. The van der Waals surface area contributed by atoms with Crippen molar-refractivity contribution in [3.05, 3.63) is 63.7 Å². The Hall–Kier alpha value is -3.22. The molecule has 0 spiro atoms. The van der Waals surface area contributed by atoms with E-state index >= 15 is 0 Å². The predicted octanol–water partition coefficient (Wildman–Crippen LogP) is 8.72. The molecule has 0 saturated heterocycles. The molecule has 0 unspecified atom stereocenters. The highest BCUT2D eigenvalue weighted by atomic mass is 16.6. The van der Waals surface area contributed by atoms with Gasteiger partial charge in [0.1, 0.15) is 0 Å². The van der Waals surface area contributed by atoms with Crippen LogP contribution in [0, 0.1) is 10.1 Å². The van der Waals surface area contributed by atoms with E-state index in [9.17, 15) is 14.9 Å². The molecule has 208 valence electrons. The summed E-state index contributed by atoms with van der Waals surface area (Å²) in [6.45, 7) is 3.05. The first-order chi connectivity index (χ1) is 18.5. The Bertz CT molecular complexity index is 1010. The zero-order valence-corrected chi connectivity index (χ0v) is 23.2. The predicted molar refractivity (Wildman–Crippen MR) is 154 cm³/mol. The molecule has 2 rings (SSSR count). The van der Waals surface area contributed by atoms with Crippen molar-refractivity contribution in [2.24, 2.45) is 4.99 Å². The van der Waals surface area contributed by atoms with Crippen molar-refractivity contribution in [3.63, 3.8) is 0 Å². The molecule has 0 bridgehead atoms. The molecule has 0 aliphatic carbocycles. The van der Waals surface area contributed by atoms with Crippen LogP contribution in [0.5, 0.6) is 11.5 Å². The number of carbonyl (C=O) groups is 1. The standard InChI is InChI=1S/C31H44N2O5/c1-3-4-5-6-7-8-9-10-11-12-13-14-15-16-22-32-25-26-20-21-29(30(23-26)37-2)38-31(34)27-18-17-19-28(24-27)33(35)36/h17-21,23-25H,3-16,22H2,1-2H3. The number of non-ortho nitro benzene ring substituents is 1. The third-order valence-electron chi connectivity index (χ3n) is 6.56. The van der Waals surface area contributed by atoms with E-state index in [-0.39, 0.29) is 17.0 Å². The Morgan fingerprint density at radius 3 is 2.03 bits per heavy atom. The van der Waals surface area contributed by atoms with Gasteiger partial charge in [0.2, 0.25) is 0 Å². The van der Waals surface area contributed by atoms with Crippen LogP contribution in [0.4, 0.5) is 5.69 Å². The fourth-order valence-corrected chi connectivity index (χ4v) is 4.32. The molecule has 0 amide bonds. The number of hydrogen-bond acceptors (Lipinski definition) is 6. The van der Waals surface area contributed by atoms with E-state index in [1.165, 1.54) is 115 Å². The van der Waals surface area contributed by atoms with Gasteiger partial charge in [0, 0.05) is 24.9 Å². The second-order valence-corrected chi connectivity index (χ2v) is 9.74. The van der Waals surface area contributed by atoms with Gasteiger partial charge in [-0.2, -0.15) is 0 Å². The van der Waals surface area contributed by atoms with Crippen molar-refractivity contribution in [1.82, 2.24) is 0 Å². The highest BCUT2D eigenvalue weighted by Gasteiger charge is 2.16. The average molecular weight is 525 g/mol. The van der Waals surface area contributed by atoms with Gasteiger partial charge in [0.05, 0.1) is 17.6 Å². The third-order valence-corrected chi connectivity index (χ3v) is 6.56. The number of ether oxygens (including phenoxy) is 2. The summed E-state index contributed by atoms with van der Waals surface area (Å²) in [6, 6.07) is 10.6.